The molecule has 25 heavy (non-hydrogen) atoms. The van der Waals surface area contributed by atoms with E-state index in [9.17, 15) is 18.0 Å². The van der Waals surface area contributed by atoms with Gasteiger partial charge in [0.1, 0.15) is 5.75 Å². The SMILES string of the molecule is O=C(Nc1nc2ccc(OCC(F)(F)F)cc2s1)c1ccncc1Cl. The first-order chi connectivity index (χ1) is 11.8. The maximum absolute atomic E-state index is 12.2. The van der Waals surface area contributed by atoms with Crippen LogP contribution in [0.15, 0.2) is 36.7 Å². The number of nitrogens with zero attached hydrogens (tertiary/aromatic N) is 2. The monoisotopic (exact) mass is 387 g/mol. The van der Waals surface area contributed by atoms with Crippen molar-refractivity contribution in [2.45, 2.75) is 6.18 Å². The Morgan fingerprint density at radius 1 is 1.32 bits per heavy atom. The number of hydrogen-bond donors (Lipinski definition) is 1. The van der Waals surface area contributed by atoms with E-state index in [-0.39, 0.29) is 16.3 Å². The summed E-state index contributed by atoms with van der Waals surface area (Å²) in [5.74, 6) is -0.386. The number of hydrogen-bond acceptors (Lipinski definition) is 5. The van der Waals surface area contributed by atoms with Crippen LogP contribution in [0.25, 0.3) is 10.2 Å². The van der Waals surface area contributed by atoms with Gasteiger partial charge >= 0.3 is 6.18 Å². The minimum absolute atomic E-state index is 0.0727. The number of rotatable bonds is 4. The smallest absolute Gasteiger partial charge is 0.422 e. The molecule has 2 aromatic heterocycles. The maximum atomic E-state index is 12.2. The molecule has 0 aliphatic carbocycles. The Labute approximate surface area is 148 Å². The van der Waals surface area contributed by atoms with Crippen molar-refractivity contribution >= 4 is 44.2 Å². The van der Waals surface area contributed by atoms with Crippen molar-refractivity contribution in [1.29, 1.82) is 0 Å². The normalized spacial score (nSPS) is 11.5. The molecular formula is C15H9ClF3N3O2S. The lowest BCUT2D eigenvalue weighted by Crippen LogP contribution is -2.19. The van der Waals surface area contributed by atoms with Gasteiger partial charge in [-0.25, -0.2) is 4.98 Å². The molecule has 3 aromatic rings. The van der Waals surface area contributed by atoms with E-state index in [2.05, 4.69) is 15.3 Å². The molecule has 0 bridgehead atoms. The van der Waals surface area contributed by atoms with Gasteiger partial charge in [-0.05, 0) is 24.3 Å². The quantitative estimate of drug-likeness (QED) is 0.714. The highest BCUT2D eigenvalue weighted by Crippen LogP contribution is 2.30. The van der Waals surface area contributed by atoms with Crippen molar-refractivity contribution in [2.75, 3.05) is 11.9 Å². The third-order valence-electron chi connectivity index (χ3n) is 3.00. The molecule has 10 heteroatoms. The zero-order valence-electron chi connectivity index (χ0n) is 12.3. The molecule has 1 N–H and O–H groups in total. The highest BCUT2D eigenvalue weighted by Gasteiger charge is 2.28. The Morgan fingerprint density at radius 2 is 2.12 bits per heavy atom. The van der Waals surface area contributed by atoms with Crippen LogP contribution in [0.1, 0.15) is 10.4 Å². The average Bonchev–Trinajstić information content (AvgIpc) is 2.94. The number of fused-ring (bicyclic) bond motifs is 1. The van der Waals surface area contributed by atoms with Crippen LogP contribution >= 0.6 is 22.9 Å². The molecule has 0 saturated heterocycles. The summed E-state index contributed by atoms with van der Waals surface area (Å²) in [4.78, 5) is 20.2. The topological polar surface area (TPSA) is 64.1 Å². The highest BCUT2D eigenvalue weighted by molar-refractivity contribution is 7.22. The molecule has 0 unspecified atom stereocenters. The Kier molecular flexibility index (Phi) is 4.78. The van der Waals surface area contributed by atoms with Crippen LogP contribution in [0.3, 0.4) is 0 Å². The number of amides is 1. The van der Waals surface area contributed by atoms with Crippen molar-refractivity contribution in [3.8, 4) is 5.75 Å². The second-order valence-electron chi connectivity index (χ2n) is 4.86. The number of carbonyl (C=O) groups is 1. The minimum Gasteiger partial charge on any atom is -0.484 e. The number of halogens is 4. The van der Waals surface area contributed by atoms with Crippen molar-refractivity contribution in [3.63, 3.8) is 0 Å². The zero-order valence-corrected chi connectivity index (χ0v) is 13.9. The van der Waals surface area contributed by atoms with Gasteiger partial charge < -0.3 is 4.74 Å². The van der Waals surface area contributed by atoms with Gasteiger partial charge in [0, 0.05) is 12.4 Å². The van der Waals surface area contributed by atoms with E-state index in [1.165, 1.54) is 36.7 Å². The summed E-state index contributed by atoms with van der Waals surface area (Å²) < 4.78 is 41.9. The molecule has 1 aromatic carbocycles. The molecule has 0 fully saturated rings. The van der Waals surface area contributed by atoms with Crippen LogP contribution in [-0.2, 0) is 0 Å². The molecular weight excluding hydrogens is 379 g/mol. The van der Waals surface area contributed by atoms with Gasteiger partial charge in [-0.2, -0.15) is 13.2 Å². The maximum Gasteiger partial charge on any atom is 0.422 e. The van der Waals surface area contributed by atoms with E-state index >= 15 is 0 Å². The molecule has 5 nitrogen and oxygen atoms in total. The highest BCUT2D eigenvalue weighted by atomic mass is 35.5. The first-order valence-electron chi connectivity index (χ1n) is 6.83. The van der Waals surface area contributed by atoms with Crippen LogP contribution in [0.4, 0.5) is 18.3 Å². The Bertz CT molecular complexity index is 930. The lowest BCUT2D eigenvalue weighted by molar-refractivity contribution is -0.153. The molecule has 1 amide bonds. The number of carbonyl (C=O) groups excluding carboxylic acids is 1. The molecule has 0 saturated carbocycles. The third kappa shape index (κ3) is 4.37. The third-order valence-corrected chi connectivity index (χ3v) is 4.23. The van der Waals surface area contributed by atoms with Crippen LogP contribution < -0.4 is 10.1 Å². The fourth-order valence-electron chi connectivity index (χ4n) is 1.94. The molecule has 2 heterocycles. The molecule has 130 valence electrons. The number of thiazole rings is 1. The second kappa shape index (κ2) is 6.85. The van der Waals surface area contributed by atoms with Gasteiger partial charge in [-0.15, -0.1) is 0 Å². The summed E-state index contributed by atoms with van der Waals surface area (Å²) >= 11 is 7.02. The van der Waals surface area contributed by atoms with E-state index < -0.39 is 18.7 Å². The standard InChI is InChI=1S/C15H9ClF3N3O2S/c16-10-6-20-4-3-9(10)13(23)22-14-21-11-2-1-8(5-12(11)25-14)24-7-15(17,18)19/h1-6H,7H2,(H,21,22,23). The lowest BCUT2D eigenvalue weighted by Gasteiger charge is -2.08. The Hall–Kier alpha value is -2.39. The van der Waals surface area contributed by atoms with Crippen LogP contribution in [0.5, 0.6) is 5.75 Å². The number of aromatic nitrogens is 2. The Morgan fingerprint density at radius 3 is 2.84 bits per heavy atom. The summed E-state index contributed by atoms with van der Waals surface area (Å²) in [6.07, 6.45) is -1.63. The summed E-state index contributed by atoms with van der Waals surface area (Å²) in [7, 11) is 0. The first-order valence-corrected chi connectivity index (χ1v) is 8.02. The van der Waals surface area contributed by atoms with Crippen molar-refractivity contribution in [2.24, 2.45) is 0 Å². The molecule has 0 aliphatic heterocycles. The predicted octanol–water partition coefficient (Wildman–Crippen LogP) is 4.54. The number of pyridine rings is 1. The summed E-state index contributed by atoms with van der Waals surface area (Å²) in [6.45, 7) is -1.37. The number of alkyl halides is 3. The van der Waals surface area contributed by atoms with Gasteiger partial charge in [0.15, 0.2) is 11.7 Å². The van der Waals surface area contributed by atoms with Crippen LogP contribution in [0, 0.1) is 0 Å². The minimum atomic E-state index is -4.41. The van der Waals surface area contributed by atoms with Crippen LogP contribution in [-0.4, -0.2) is 28.7 Å². The number of benzene rings is 1. The van der Waals surface area contributed by atoms with E-state index in [0.29, 0.717) is 15.3 Å². The van der Waals surface area contributed by atoms with E-state index in [1.807, 2.05) is 0 Å². The number of ether oxygens (including phenoxy) is 1. The lowest BCUT2D eigenvalue weighted by atomic mass is 10.2. The van der Waals surface area contributed by atoms with E-state index in [4.69, 9.17) is 16.3 Å². The number of anilines is 1. The Balaban J connectivity index is 1.77. The van der Waals surface area contributed by atoms with Crippen molar-refractivity contribution < 1.29 is 22.7 Å². The molecule has 0 aliphatic rings. The first kappa shape index (κ1) is 17.4. The summed E-state index contributed by atoms with van der Waals surface area (Å²) in [5.41, 5.74) is 0.769. The van der Waals surface area contributed by atoms with Crippen LogP contribution in [0.2, 0.25) is 5.02 Å². The average molecular weight is 388 g/mol. The predicted molar refractivity (Wildman–Crippen MR) is 88.4 cm³/mol. The van der Waals surface area contributed by atoms with Gasteiger partial charge in [0.25, 0.3) is 5.91 Å². The molecule has 0 atom stereocenters. The fraction of sp³-hybridized carbons (Fsp3) is 0.133. The summed E-state index contributed by atoms with van der Waals surface area (Å²) in [6, 6.07) is 5.81. The van der Waals surface area contributed by atoms with Crippen molar-refractivity contribution in [3.05, 3.63) is 47.2 Å². The van der Waals surface area contributed by atoms with Gasteiger partial charge in [-0.1, -0.05) is 22.9 Å². The van der Waals surface area contributed by atoms with Crippen molar-refractivity contribution in [1.82, 2.24) is 9.97 Å². The summed E-state index contributed by atoms with van der Waals surface area (Å²) in [5, 5.41) is 3.09. The number of nitrogens with one attached hydrogen (secondary N) is 1. The molecule has 3 rings (SSSR count). The van der Waals surface area contributed by atoms with Gasteiger partial charge in [0.05, 0.1) is 20.8 Å². The van der Waals surface area contributed by atoms with Gasteiger partial charge in [0.2, 0.25) is 0 Å². The molecule has 0 radical (unpaired) electrons. The fourth-order valence-corrected chi connectivity index (χ4v) is 3.03. The second-order valence-corrected chi connectivity index (χ2v) is 6.30. The zero-order chi connectivity index (χ0) is 18.0. The largest absolute Gasteiger partial charge is 0.484 e. The molecule has 0 spiro atoms. The van der Waals surface area contributed by atoms with E-state index in [0.717, 1.165) is 11.3 Å². The van der Waals surface area contributed by atoms with E-state index in [1.54, 1.807) is 0 Å². The van der Waals surface area contributed by atoms with Gasteiger partial charge in [-0.3, -0.25) is 15.1 Å².